The van der Waals surface area contributed by atoms with E-state index >= 15 is 0 Å². The Morgan fingerprint density at radius 3 is 2.17 bits per heavy atom. The van der Waals surface area contributed by atoms with Gasteiger partial charge in [0.2, 0.25) is 11.8 Å². The molecule has 0 radical (unpaired) electrons. The zero-order chi connectivity index (χ0) is 30.3. The lowest BCUT2D eigenvalue weighted by molar-refractivity contribution is -0.139. The Labute approximate surface area is 250 Å². The number of halogens is 2. The third-order valence-electron chi connectivity index (χ3n) is 6.77. The minimum atomic E-state index is -4.23. The maximum Gasteiger partial charge on any atom is 0.264 e. The van der Waals surface area contributed by atoms with Gasteiger partial charge in [0, 0.05) is 25.0 Å². The van der Waals surface area contributed by atoms with Gasteiger partial charge in [-0.2, -0.15) is 0 Å². The Kier molecular flexibility index (Phi) is 9.98. The highest BCUT2D eigenvalue weighted by Gasteiger charge is 2.34. The van der Waals surface area contributed by atoms with Crippen LogP contribution in [0.2, 0.25) is 5.02 Å². The first-order valence-electron chi connectivity index (χ1n) is 13.2. The lowest BCUT2D eigenvalue weighted by Gasteiger charge is -2.33. The normalized spacial score (nSPS) is 11.9. The van der Waals surface area contributed by atoms with Crippen LogP contribution in [-0.2, 0) is 32.6 Å². The molecule has 2 amide bonds. The average Bonchev–Trinajstić information content (AvgIpc) is 2.98. The highest BCUT2D eigenvalue weighted by molar-refractivity contribution is 7.92. The first-order chi connectivity index (χ1) is 20.1. The lowest BCUT2D eigenvalue weighted by atomic mass is 10.0. The molecule has 0 saturated carbocycles. The number of amides is 2. The summed E-state index contributed by atoms with van der Waals surface area (Å²) in [6.45, 7) is 1.17. The van der Waals surface area contributed by atoms with Crippen molar-refractivity contribution >= 4 is 39.1 Å². The first kappa shape index (κ1) is 30.7. The molecule has 42 heavy (non-hydrogen) atoms. The molecule has 0 aliphatic carbocycles. The summed E-state index contributed by atoms with van der Waals surface area (Å²) in [5, 5.41) is 2.92. The second-order valence-corrected chi connectivity index (χ2v) is 12.1. The van der Waals surface area contributed by atoms with Crippen LogP contribution in [0.25, 0.3) is 0 Å². The first-order valence-corrected chi connectivity index (χ1v) is 15.0. The highest BCUT2D eigenvalue weighted by Crippen LogP contribution is 2.27. The molecule has 0 bridgehead atoms. The minimum absolute atomic E-state index is 0.00176. The number of carbonyl (C=O) groups is 2. The van der Waals surface area contributed by atoms with E-state index in [0.29, 0.717) is 10.6 Å². The fraction of sp³-hybridized carbons (Fsp3) is 0.188. The quantitative estimate of drug-likeness (QED) is 0.248. The van der Waals surface area contributed by atoms with Crippen molar-refractivity contribution in [3.8, 4) is 0 Å². The van der Waals surface area contributed by atoms with E-state index < -0.39 is 40.2 Å². The predicted molar refractivity (Wildman–Crippen MR) is 162 cm³/mol. The number of carbonyl (C=O) groups excluding carboxylic acids is 2. The number of nitrogens with one attached hydrogen (secondary N) is 1. The topological polar surface area (TPSA) is 86.8 Å². The molecule has 1 unspecified atom stereocenters. The molecule has 10 heteroatoms. The molecule has 4 aromatic rings. The van der Waals surface area contributed by atoms with Crippen molar-refractivity contribution in [1.82, 2.24) is 10.2 Å². The van der Waals surface area contributed by atoms with Crippen molar-refractivity contribution in [3.05, 3.63) is 131 Å². The van der Waals surface area contributed by atoms with Gasteiger partial charge in [-0.1, -0.05) is 77.8 Å². The third kappa shape index (κ3) is 7.54. The van der Waals surface area contributed by atoms with Gasteiger partial charge >= 0.3 is 0 Å². The summed E-state index contributed by atoms with van der Waals surface area (Å²) in [7, 11) is -2.75. The standard InChI is InChI=1S/C32H31ClFN3O4S/c1-23-11-17-29(18-12-23)42(40,41)37(28-10-6-9-26(33)20-28)22-31(38)36(21-25-13-15-27(34)16-14-25)30(32(39)35-2)19-24-7-4-3-5-8-24/h3-18,20,30H,19,21-22H2,1-2H3,(H,35,39). The molecule has 1 N–H and O–H groups in total. The number of sulfonamides is 1. The van der Waals surface area contributed by atoms with E-state index in [1.165, 1.54) is 54.4 Å². The molecule has 0 aliphatic heterocycles. The maximum absolute atomic E-state index is 14.2. The number of rotatable bonds is 11. The van der Waals surface area contributed by atoms with Gasteiger partial charge in [-0.3, -0.25) is 13.9 Å². The number of aryl methyl sites for hydroxylation is 1. The Hall–Kier alpha value is -4.21. The SMILES string of the molecule is CNC(=O)C(Cc1ccccc1)N(Cc1ccc(F)cc1)C(=O)CN(c1cccc(Cl)c1)S(=O)(=O)c1ccc(C)cc1. The summed E-state index contributed by atoms with van der Waals surface area (Å²) < 4.78 is 42.6. The molecule has 0 fully saturated rings. The molecule has 7 nitrogen and oxygen atoms in total. The Bertz CT molecular complexity index is 1630. The van der Waals surface area contributed by atoms with Crippen LogP contribution in [0, 0.1) is 12.7 Å². The number of nitrogens with zero attached hydrogens (tertiary/aromatic N) is 2. The Morgan fingerprint density at radius 2 is 1.55 bits per heavy atom. The molecule has 0 spiro atoms. The van der Waals surface area contributed by atoms with Gasteiger partial charge in [-0.25, -0.2) is 12.8 Å². The van der Waals surface area contributed by atoms with Crippen LogP contribution in [0.5, 0.6) is 0 Å². The summed E-state index contributed by atoms with van der Waals surface area (Å²) in [6.07, 6.45) is 0.176. The Balaban J connectivity index is 1.78. The smallest absolute Gasteiger partial charge is 0.264 e. The summed E-state index contributed by atoms with van der Waals surface area (Å²) in [5.41, 5.74) is 2.45. The van der Waals surface area contributed by atoms with Crippen molar-refractivity contribution in [2.75, 3.05) is 17.9 Å². The van der Waals surface area contributed by atoms with Gasteiger partial charge in [0.25, 0.3) is 10.0 Å². The predicted octanol–water partition coefficient (Wildman–Crippen LogP) is 5.37. The van der Waals surface area contributed by atoms with Crippen molar-refractivity contribution in [3.63, 3.8) is 0 Å². The van der Waals surface area contributed by atoms with Gasteiger partial charge in [0.1, 0.15) is 18.4 Å². The fourth-order valence-corrected chi connectivity index (χ4v) is 6.10. The van der Waals surface area contributed by atoms with E-state index in [2.05, 4.69) is 5.32 Å². The summed E-state index contributed by atoms with van der Waals surface area (Å²) >= 11 is 6.23. The molecule has 0 aliphatic rings. The third-order valence-corrected chi connectivity index (χ3v) is 8.79. The number of anilines is 1. The van der Waals surface area contributed by atoms with E-state index in [1.807, 2.05) is 37.3 Å². The summed E-state index contributed by atoms with van der Waals surface area (Å²) in [4.78, 5) is 28.8. The van der Waals surface area contributed by atoms with Crippen LogP contribution in [-0.4, -0.2) is 44.8 Å². The van der Waals surface area contributed by atoms with E-state index in [4.69, 9.17) is 11.6 Å². The van der Waals surface area contributed by atoms with Crippen molar-refractivity contribution in [2.45, 2.75) is 30.8 Å². The van der Waals surface area contributed by atoms with Crippen LogP contribution in [0.1, 0.15) is 16.7 Å². The largest absolute Gasteiger partial charge is 0.357 e. The maximum atomic E-state index is 14.2. The zero-order valence-electron chi connectivity index (χ0n) is 23.2. The Morgan fingerprint density at radius 1 is 0.881 bits per heavy atom. The molecule has 0 aromatic heterocycles. The number of benzene rings is 4. The van der Waals surface area contributed by atoms with Crippen LogP contribution < -0.4 is 9.62 Å². The van der Waals surface area contributed by atoms with Gasteiger partial charge in [0.05, 0.1) is 10.6 Å². The second kappa shape index (κ2) is 13.6. The molecule has 0 saturated heterocycles. The molecule has 1 atom stereocenters. The second-order valence-electron chi connectivity index (χ2n) is 9.77. The highest BCUT2D eigenvalue weighted by atomic mass is 35.5. The number of hydrogen-bond acceptors (Lipinski definition) is 4. The van der Waals surface area contributed by atoms with E-state index in [-0.39, 0.29) is 23.5 Å². The fourth-order valence-electron chi connectivity index (χ4n) is 4.50. The van der Waals surface area contributed by atoms with Gasteiger partial charge in [-0.05, 0) is 60.5 Å². The molecule has 0 heterocycles. The van der Waals surface area contributed by atoms with Gasteiger partial charge in [-0.15, -0.1) is 0 Å². The lowest BCUT2D eigenvalue weighted by Crippen LogP contribution is -2.53. The van der Waals surface area contributed by atoms with Crippen molar-refractivity contribution < 1.29 is 22.4 Å². The van der Waals surface area contributed by atoms with Gasteiger partial charge in [0.15, 0.2) is 0 Å². The van der Waals surface area contributed by atoms with Crippen LogP contribution in [0.3, 0.4) is 0 Å². The van der Waals surface area contributed by atoms with E-state index in [0.717, 1.165) is 15.4 Å². The van der Waals surface area contributed by atoms with Crippen molar-refractivity contribution in [1.29, 1.82) is 0 Å². The van der Waals surface area contributed by atoms with Gasteiger partial charge < -0.3 is 10.2 Å². The number of hydrogen-bond donors (Lipinski definition) is 1. The van der Waals surface area contributed by atoms with E-state index in [1.54, 1.807) is 30.3 Å². The molecule has 218 valence electrons. The average molecular weight is 608 g/mol. The molecular weight excluding hydrogens is 577 g/mol. The zero-order valence-corrected chi connectivity index (χ0v) is 24.8. The number of likely N-dealkylation sites (N-methyl/N-ethyl adjacent to an activating group) is 1. The molecule has 4 rings (SSSR count). The minimum Gasteiger partial charge on any atom is -0.357 e. The van der Waals surface area contributed by atoms with Crippen LogP contribution in [0.4, 0.5) is 10.1 Å². The van der Waals surface area contributed by atoms with Crippen LogP contribution in [0.15, 0.2) is 108 Å². The van der Waals surface area contributed by atoms with Crippen LogP contribution >= 0.6 is 11.6 Å². The van der Waals surface area contributed by atoms with E-state index in [9.17, 15) is 22.4 Å². The summed E-state index contributed by atoms with van der Waals surface area (Å²) in [6, 6.07) is 26.3. The monoisotopic (exact) mass is 607 g/mol. The molecule has 4 aromatic carbocycles. The summed E-state index contributed by atoms with van der Waals surface area (Å²) in [5.74, 6) is -1.50. The molecular formula is C32H31ClFN3O4S. The van der Waals surface area contributed by atoms with Crippen molar-refractivity contribution in [2.24, 2.45) is 0 Å².